The quantitative estimate of drug-likeness (QED) is 0.607. The molecule has 0 saturated carbocycles. The van der Waals surface area contributed by atoms with E-state index in [-0.39, 0.29) is 5.60 Å². The number of rotatable bonds is 4. The SMILES string of the molecule is CCCCC1(CC)CCCO1. The van der Waals surface area contributed by atoms with Crippen LogP contribution < -0.4 is 0 Å². The molecule has 1 nitrogen and oxygen atoms in total. The number of hydrogen-bond donors (Lipinski definition) is 0. The van der Waals surface area contributed by atoms with E-state index in [0.29, 0.717) is 0 Å². The maximum absolute atomic E-state index is 5.79. The maximum Gasteiger partial charge on any atom is 0.0680 e. The van der Waals surface area contributed by atoms with Crippen molar-refractivity contribution >= 4 is 0 Å². The summed E-state index contributed by atoms with van der Waals surface area (Å²) in [5, 5.41) is 0. The minimum Gasteiger partial charge on any atom is -0.375 e. The van der Waals surface area contributed by atoms with Gasteiger partial charge in [-0.25, -0.2) is 0 Å². The van der Waals surface area contributed by atoms with Crippen LogP contribution in [0.25, 0.3) is 0 Å². The molecule has 11 heavy (non-hydrogen) atoms. The first-order chi connectivity index (χ1) is 5.33. The summed E-state index contributed by atoms with van der Waals surface area (Å²) in [5.41, 5.74) is 0.288. The third-order valence-corrected chi connectivity index (χ3v) is 2.82. The van der Waals surface area contributed by atoms with Gasteiger partial charge in [-0.2, -0.15) is 0 Å². The fourth-order valence-electron chi connectivity index (χ4n) is 1.91. The number of unbranched alkanes of at least 4 members (excludes halogenated alkanes) is 1. The average molecular weight is 156 g/mol. The van der Waals surface area contributed by atoms with E-state index >= 15 is 0 Å². The van der Waals surface area contributed by atoms with Crippen LogP contribution >= 0.6 is 0 Å². The molecular weight excluding hydrogens is 136 g/mol. The van der Waals surface area contributed by atoms with E-state index < -0.39 is 0 Å². The molecule has 1 fully saturated rings. The fourth-order valence-corrected chi connectivity index (χ4v) is 1.91. The van der Waals surface area contributed by atoms with Gasteiger partial charge in [-0.05, 0) is 25.7 Å². The number of ether oxygens (including phenoxy) is 1. The molecule has 1 unspecified atom stereocenters. The first-order valence-electron chi connectivity index (χ1n) is 4.97. The van der Waals surface area contributed by atoms with Crippen LogP contribution in [0.1, 0.15) is 52.4 Å². The zero-order valence-electron chi connectivity index (χ0n) is 7.86. The van der Waals surface area contributed by atoms with Gasteiger partial charge in [0.25, 0.3) is 0 Å². The fraction of sp³-hybridized carbons (Fsp3) is 1.00. The van der Waals surface area contributed by atoms with Crippen LogP contribution in [0.2, 0.25) is 0 Å². The van der Waals surface area contributed by atoms with Crippen LogP contribution in [0.3, 0.4) is 0 Å². The Morgan fingerprint density at radius 3 is 2.64 bits per heavy atom. The van der Waals surface area contributed by atoms with Crippen LogP contribution in [0.4, 0.5) is 0 Å². The Kier molecular flexibility index (Phi) is 3.38. The summed E-state index contributed by atoms with van der Waals surface area (Å²) in [4.78, 5) is 0. The van der Waals surface area contributed by atoms with E-state index in [2.05, 4.69) is 13.8 Å². The molecule has 1 rings (SSSR count). The lowest BCUT2D eigenvalue weighted by molar-refractivity contribution is -0.00739. The summed E-state index contributed by atoms with van der Waals surface area (Å²) < 4.78 is 5.79. The summed E-state index contributed by atoms with van der Waals surface area (Å²) in [6.45, 7) is 5.50. The molecule has 1 heterocycles. The van der Waals surface area contributed by atoms with E-state index in [9.17, 15) is 0 Å². The van der Waals surface area contributed by atoms with Crippen LogP contribution in [-0.4, -0.2) is 12.2 Å². The zero-order valence-corrected chi connectivity index (χ0v) is 7.86. The van der Waals surface area contributed by atoms with Crippen molar-refractivity contribution in [2.24, 2.45) is 0 Å². The van der Waals surface area contributed by atoms with E-state index in [1.807, 2.05) is 0 Å². The lowest BCUT2D eigenvalue weighted by Gasteiger charge is -2.26. The minimum absolute atomic E-state index is 0.288. The second kappa shape index (κ2) is 4.10. The summed E-state index contributed by atoms with van der Waals surface area (Å²) in [5.74, 6) is 0. The van der Waals surface area contributed by atoms with Gasteiger partial charge in [0.05, 0.1) is 5.60 Å². The Morgan fingerprint density at radius 2 is 2.18 bits per heavy atom. The van der Waals surface area contributed by atoms with Crippen molar-refractivity contribution in [3.8, 4) is 0 Å². The molecule has 0 spiro atoms. The molecule has 1 aliphatic heterocycles. The van der Waals surface area contributed by atoms with Gasteiger partial charge < -0.3 is 4.74 Å². The van der Waals surface area contributed by atoms with Crippen molar-refractivity contribution in [2.45, 2.75) is 58.0 Å². The molecule has 0 bridgehead atoms. The van der Waals surface area contributed by atoms with Crippen molar-refractivity contribution in [1.29, 1.82) is 0 Å². The summed E-state index contributed by atoms with van der Waals surface area (Å²) >= 11 is 0. The molecule has 0 aromatic heterocycles. The van der Waals surface area contributed by atoms with Gasteiger partial charge >= 0.3 is 0 Å². The van der Waals surface area contributed by atoms with Crippen LogP contribution in [0.5, 0.6) is 0 Å². The van der Waals surface area contributed by atoms with Crippen molar-refractivity contribution < 1.29 is 4.74 Å². The largest absolute Gasteiger partial charge is 0.375 e. The summed E-state index contributed by atoms with van der Waals surface area (Å²) in [6.07, 6.45) is 7.67. The van der Waals surface area contributed by atoms with Gasteiger partial charge in [0.2, 0.25) is 0 Å². The van der Waals surface area contributed by atoms with Gasteiger partial charge in [0.15, 0.2) is 0 Å². The van der Waals surface area contributed by atoms with Crippen LogP contribution in [-0.2, 0) is 4.74 Å². The summed E-state index contributed by atoms with van der Waals surface area (Å²) in [7, 11) is 0. The number of hydrogen-bond acceptors (Lipinski definition) is 1. The van der Waals surface area contributed by atoms with Gasteiger partial charge in [0.1, 0.15) is 0 Å². The Balaban J connectivity index is 2.33. The average Bonchev–Trinajstić information content (AvgIpc) is 2.50. The minimum atomic E-state index is 0.288. The van der Waals surface area contributed by atoms with Gasteiger partial charge in [-0.15, -0.1) is 0 Å². The highest BCUT2D eigenvalue weighted by molar-refractivity contribution is 4.83. The molecule has 0 N–H and O–H groups in total. The molecule has 0 aromatic carbocycles. The second-order valence-corrected chi connectivity index (χ2v) is 3.59. The highest BCUT2D eigenvalue weighted by Crippen LogP contribution is 2.33. The smallest absolute Gasteiger partial charge is 0.0680 e. The molecular formula is C10H20O. The first kappa shape index (κ1) is 9.05. The molecule has 1 aliphatic rings. The molecule has 0 radical (unpaired) electrons. The van der Waals surface area contributed by atoms with E-state index in [1.165, 1.54) is 38.5 Å². The highest BCUT2D eigenvalue weighted by atomic mass is 16.5. The monoisotopic (exact) mass is 156 g/mol. The Bertz CT molecular complexity index is 103. The Morgan fingerprint density at radius 1 is 1.36 bits per heavy atom. The molecule has 1 saturated heterocycles. The molecule has 1 heteroatoms. The Labute approximate surface area is 70.1 Å². The summed E-state index contributed by atoms with van der Waals surface area (Å²) in [6, 6.07) is 0. The van der Waals surface area contributed by atoms with Crippen molar-refractivity contribution in [3.63, 3.8) is 0 Å². The molecule has 0 amide bonds. The topological polar surface area (TPSA) is 9.23 Å². The Hall–Kier alpha value is -0.0400. The van der Waals surface area contributed by atoms with Crippen LogP contribution in [0, 0.1) is 0 Å². The molecule has 0 aliphatic carbocycles. The molecule has 66 valence electrons. The van der Waals surface area contributed by atoms with Crippen molar-refractivity contribution in [2.75, 3.05) is 6.61 Å². The maximum atomic E-state index is 5.79. The second-order valence-electron chi connectivity index (χ2n) is 3.59. The third kappa shape index (κ3) is 2.19. The predicted molar refractivity (Wildman–Crippen MR) is 47.7 cm³/mol. The third-order valence-electron chi connectivity index (χ3n) is 2.82. The van der Waals surface area contributed by atoms with Crippen molar-refractivity contribution in [1.82, 2.24) is 0 Å². The predicted octanol–water partition coefficient (Wildman–Crippen LogP) is 3.14. The van der Waals surface area contributed by atoms with Crippen LogP contribution in [0.15, 0.2) is 0 Å². The zero-order chi connectivity index (χ0) is 8.16. The molecule has 0 aromatic rings. The lowest BCUT2D eigenvalue weighted by Crippen LogP contribution is -2.26. The normalized spacial score (nSPS) is 31.1. The van der Waals surface area contributed by atoms with Gasteiger partial charge in [-0.3, -0.25) is 0 Å². The lowest BCUT2D eigenvalue weighted by atomic mass is 9.91. The van der Waals surface area contributed by atoms with Crippen molar-refractivity contribution in [3.05, 3.63) is 0 Å². The molecule has 1 atom stereocenters. The highest BCUT2D eigenvalue weighted by Gasteiger charge is 2.31. The standard InChI is InChI=1S/C10H20O/c1-3-5-7-10(4-2)8-6-9-11-10/h3-9H2,1-2H3. The van der Waals surface area contributed by atoms with Gasteiger partial charge in [0, 0.05) is 6.61 Å². The van der Waals surface area contributed by atoms with E-state index in [1.54, 1.807) is 0 Å². The van der Waals surface area contributed by atoms with E-state index in [4.69, 9.17) is 4.74 Å². The van der Waals surface area contributed by atoms with Gasteiger partial charge in [-0.1, -0.05) is 26.7 Å². The van der Waals surface area contributed by atoms with E-state index in [0.717, 1.165) is 6.61 Å². The first-order valence-corrected chi connectivity index (χ1v) is 4.97.